The number of benzene rings is 3. The highest BCUT2D eigenvalue weighted by atomic mass is 16.7. The number of carbonyl (C=O) groups is 9. The number of ketones is 1. The fourth-order valence-electron chi connectivity index (χ4n) is 12.5. The Morgan fingerprint density at radius 2 is 1.53 bits per heavy atom. The number of imide groups is 1. The zero-order valence-corrected chi connectivity index (χ0v) is 49.5. The van der Waals surface area contributed by atoms with E-state index in [-0.39, 0.29) is 111 Å². The van der Waals surface area contributed by atoms with Gasteiger partial charge in [-0.25, -0.2) is 19.2 Å². The number of urea groups is 1. The fraction of sp³-hybridized carbons (Fsp3) is 0.500. The van der Waals surface area contributed by atoms with E-state index in [2.05, 4.69) is 20.9 Å². The largest absolute Gasteiger partial charge is 0.510 e. The summed E-state index contributed by atoms with van der Waals surface area (Å²) in [7, 11) is 0. The third-order valence-electron chi connectivity index (χ3n) is 17.3. The Hall–Kier alpha value is -8.40. The maximum atomic E-state index is 14.5. The molecule has 5 aliphatic rings. The monoisotopic (exact) mass is 1180 g/mol. The lowest BCUT2D eigenvalue weighted by molar-refractivity contribution is -0.175. The molecule has 6 heterocycles. The van der Waals surface area contributed by atoms with Gasteiger partial charge in [0.05, 0.1) is 23.8 Å². The first-order chi connectivity index (χ1) is 41.4. The molecule has 22 heteroatoms. The number of rotatable bonds is 24. The van der Waals surface area contributed by atoms with Gasteiger partial charge >= 0.3 is 24.2 Å². The second-order valence-corrected chi connectivity index (χ2v) is 23.2. The van der Waals surface area contributed by atoms with Gasteiger partial charge in [-0.05, 0) is 141 Å². The molecule has 0 aliphatic carbocycles. The van der Waals surface area contributed by atoms with Crippen molar-refractivity contribution in [2.24, 2.45) is 11.7 Å². The van der Waals surface area contributed by atoms with Crippen LogP contribution in [0, 0.1) is 5.92 Å². The molecular weight excluding hydrogens is 1100 g/mol. The minimum Gasteiger partial charge on any atom is -0.457 e. The van der Waals surface area contributed by atoms with Crippen molar-refractivity contribution in [3.63, 3.8) is 0 Å². The Labute approximate surface area is 499 Å². The van der Waals surface area contributed by atoms with Crippen molar-refractivity contribution >= 4 is 64.4 Å². The number of Topliss-reactive ketones (excluding diaryl/α,β-unsaturated/α-hetero) is 1. The number of aromatic nitrogens is 1. The molecule has 9 rings (SSSR count). The Kier molecular flexibility index (Phi) is 20.1. The maximum Gasteiger partial charge on any atom is 0.510 e. The van der Waals surface area contributed by atoms with Crippen LogP contribution in [0.2, 0.25) is 0 Å². The Balaban J connectivity index is 0.817. The Morgan fingerprint density at radius 1 is 0.814 bits per heavy atom. The first-order valence-electron chi connectivity index (χ1n) is 30.2. The smallest absolute Gasteiger partial charge is 0.457 e. The number of likely N-dealkylation sites (tertiary alicyclic amines) is 2. The van der Waals surface area contributed by atoms with Crippen LogP contribution in [0.3, 0.4) is 0 Å². The quantitative estimate of drug-likeness (QED) is 0.0283. The summed E-state index contributed by atoms with van der Waals surface area (Å²) in [5.41, 5.74) is 7.58. The van der Waals surface area contributed by atoms with Crippen molar-refractivity contribution in [3.8, 4) is 17.0 Å². The van der Waals surface area contributed by atoms with Crippen molar-refractivity contribution in [3.05, 3.63) is 110 Å². The van der Waals surface area contributed by atoms with E-state index < -0.39 is 41.7 Å². The SMILES string of the molecule is CCc1c2c(cc3ccc(OC(=O)N4CCC(N5CCCCC5)CC4)cc13)-c1cc3c(c(=O)n1C2)COC(=O)[C@]3(CC)OC(=O)OCc1ccc(CC(=O)[C@H](CCCNC(N)=O)NC(=O)C(NC(=O)CCCCCN2C(=O)C=CC2=O)C(C)C)cc1. The second-order valence-electron chi connectivity index (χ2n) is 23.2. The van der Waals surface area contributed by atoms with Crippen molar-refractivity contribution in [1.29, 1.82) is 0 Å². The zero-order valence-electron chi connectivity index (χ0n) is 49.5. The molecule has 22 nitrogen and oxygen atoms in total. The number of ether oxygens (including phenoxy) is 4. The van der Waals surface area contributed by atoms with Gasteiger partial charge in [0.15, 0.2) is 5.78 Å². The van der Waals surface area contributed by atoms with E-state index in [1.807, 2.05) is 25.1 Å². The number of hydrogen-bond acceptors (Lipinski definition) is 15. The summed E-state index contributed by atoms with van der Waals surface area (Å²) in [6, 6.07) is 13.7. The van der Waals surface area contributed by atoms with Gasteiger partial charge in [0.25, 0.3) is 17.4 Å². The molecule has 458 valence electrons. The van der Waals surface area contributed by atoms with Gasteiger partial charge in [-0.3, -0.25) is 33.7 Å². The van der Waals surface area contributed by atoms with Crippen LogP contribution in [-0.4, -0.2) is 130 Å². The van der Waals surface area contributed by atoms with E-state index in [9.17, 15) is 47.9 Å². The van der Waals surface area contributed by atoms with Gasteiger partial charge < -0.3 is 55.0 Å². The summed E-state index contributed by atoms with van der Waals surface area (Å²) in [5.74, 6) is -2.77. The summed E-state index contributed by atoms with van der Waals surface area (Å²) in [6.45, 7) is 10.8. The van der Waals surface area contributed by atoms with Crippen molar-refractivity contribution in [1.82, 2.24) is 35.2 Å². The summed E-state index contributed by atoms with van der Waals surface area (Å²) in [4.78, 5) is 137. The van der Waals surface area contributed by atoms with Crippen LogP contribution in [0.5, 0.6) is 5.75 Å². The fourth-order valence-corrected chi connectivity index (χ4v) is 12.5. The first kappa shape index (κ1) is 62.1. The lowest BCUT2D eigenvalue weighted by Crippen LogP contribution is -2.54. The summed E-state index contributed by atoms with van der Waals surface area (Å²) in [6.07, 6.45) is 8.99. The molecule has 5 N–H and O–H groups in total. The van der Waals surface area contributed by atoms with E-state index in [0.717, 1.165) is 58.3 Å². The number of hydrogen-bond donors (Lipinski definition) is 4. The molecule has 1 aromatic heterocycles. The number of piperidine rings is 2. The third-order valence-corrected chi connectivity index (χ3v) is 17.3. The minimum atomic E-state index is -2.01. The van der Waals surface area contributed by atoms with E-state index in [0.29, 0.717) is 73.8 Å². The third kappa shape index (κ3) is 14.1. The van der Waals surface area contributed by atoms with Crippen LogP contribution in [0.1, 0.15) is 138 Å². The van der Waals surface area contributed by atoms with Crippen molar-refractivity contribution in [2.75, 3.05) is 39.3 Å². The zero-order chi connectivity index (χ0) is 61.2. The molecule has 7 amide bonds. The van der Waals surface area contributed by atoms with Crippen LogP contribution in [0.15, 0.2) is 71.5 Å². The molecule has 0 spiro atoms. The number of carbonyl (C=O) groups excluding carboxylic acids is 9. The number of cyclic esters (lactones) is 1. The van der Waals surface area contributed by atoms with E-state index in [1.54, 1.807) is 66.6 Å². The summed E-state index contributed by atoms with van der Waals surface area (Å²) in [5, 5.41) is 9.85. The molecule has 1 unspecified atom stereocenters. The maximum absolute atomic E-state index is 14.5. The van der Waals surface area contributed by atoms with Crippen LogP contribution in [0.4, 0.5) is 14.4 Å². The highest BCUT2D eigenvalue weighted by Crippen LogP contribution is 2.44. The molecule has 2 fully saturated rings. The highest BCUT2D eigenvalue weighted by molar-refractivity contribution is 6.12. The second kappa shape index (κ2) is 27.8. The predicted octanol–water partition coefficient (Wildman–Crippen LogP) is 6.73. The van der Waals surface area contributed by atoms with Crippen LogP contribution < -0.4 is 32.0 Å². The molecule has 0 bridgehead atoms. The van der Waals surface area contributed by atoms with Gasteiger partial charge in [0.2, 0.25) is 17.4 Å². The molecule has 0 radical (unpaired) electrons. The van der Waals surface area contributed by atoms with Gasteiger partial charge in [0.1, 0.15) is 25.0 Å². The van der Waals surface area contributed by atoms with Gasteiger partial charge in [-0.1, -0.05) is 70.9 Å². The first-order valence-corrected chi connectivity index (χ1v) is 30.2. The predicted molar refractivity (Wildman–Crippen MR) is 316 cm³/mol. The molecule has 0 saturated carbocycles. The molecule has 5 aliphatic heterocycles. The van der Waals surface area contributed by atoms with Gasteiger partial charge in [-0.15, -0.1) is 0 Å². The number of fused-ring (bicyclic) bond motifs is 5. The lowest BCUT2D eigenvalue weighted by Gasteiger charge is -2.39. The van der Waals surface area contributed by atoms with E-state index in [4.69, 9.17) is 24.7 Å². The van der Waals surface area contributed by atoms with E-state index in [1.165, 1.54) is 31.4 Å². The Bertz CT molecular complexity index is 3340. The standard InChI is InChI=1S/C64H78N8O14/c1-5-45-46-34-44(85-62(81)70-30-24-43(25-31-70)69-27-10-8-11-28-69)21-20-42(46)33-47-48(45)36-72-52(47)35-50-49(59(72)78)38-83-60(79)64(50,6-2)86-63(82)84-37-41-18-16-40(17-19-41)32-53(73)51(14-13-26-66-61(65)80)67-58(77)57(39(3)4)68-54(74)15-9-7-12-29-71-55(75)22-23-56(71)76/h16-23,33-35,39,43,51,57H,5-15,24-32,36-38H2,1-4H3,(H,67,77)(H,68,74)(H3,65,66,80)/t51-,57?,64+/m0/s1. The number of esters is 1. The number of aryl methyl sites for hydroxylation is 1. The van der Waals surface area contributed by atoms with Gasteiger partial charge in [-0.2, -0.15) is 0 Å². The van der Waals surface area contributed by atoms with Crippen LogP contribution >= 0.6 is 0 Å². The highest BCUT2D eigenvalue weighted by Gasteiger charge is 2.51. The average Bonchev–Trinajstić information content (AvgIpc) is 1.46. The Morgan fingerprint density at radius 3 is 2.22 bits per heavy atom. The van der Waals surface area contributed by atoms with E-state index >= 15 is 0 Å². The number of nitrogens with zero attached hydrogens (tertiary/aromatic N) is 4. The number of unbranched alkanes of at least 4 members (excludes halogenated alkanes) is 2. The van der Waals surface area contributed by atoms with Gasteiger partial charge in [0, 0.05) is 68.3 Å². The minimum absolute atomic E-state index is 0.0765. The number of amides is 7. The van der Waals surface area contributed by atoms with Crippen LogP contribution in [0.25, 0.3) is 22.0 Å². The molecule has 86 heavy (non-hydrogen) atoms. The average molecular weight is 1180 g/mol. The molecule has 3 atom stereocenters. The molecule has 2 saturated heterocycles. The number of nitrogens with one attached hydrogen (secondary N) is 3. The number of nitrogens with two attached hydrogens (primary N) is 1. The van der Waals surface area contributed by atoms with Crippen molar-refractivity contribution < 1.29 is 62.1 Å². The van der Waals surface area contributed by atoms with Crippen molar-refractivity contribution in [2.45, 2.75) is 161 Å². The summed E-state index contributed by atoms with van der Waals surface area (Å²) < 4.78 is 24.7. The molecule has 4 aromatic rings. The lowest BCUT2D eigenvalue weighted by atomic mass is 9.85. The number of pyridine rings is 1. The number of primary amides is 1. The molecule has 3 aromatic carbocycles. The van der Waals surface area contributed by atoms with Crippen LogP contribution in [-0.2, 0) is 81.2 Å². The summed E-state index contributed by atoms with van der Waals surface area (Å²) >= 11 is 0. The normalized spacial score (nSPS) is 18.2. The topological polar surface area (TPSA) is 284 Å². The molecular formula is C64H78N8O14.